The second kappa shape index (κ2) is 14.5. The van der Waals surface area contributed by atoms with Crippen molar-refractivity contribution >= 4 is 18.1 Å². The number of benzene rings is 2. The smallest absolute Gasteiger partial charge is 0.410 e. The number of hydrogen-bond donors (Lipinski definition) is 1. The Morgan fingerprint density at radius 3 is 2.36 bits per heavy atom. The zero-order valence-corrected chi connectivity index (χ0v) is 27.5. The van der Waals surface area contributed by atoms with Crippen LogP contribution in [-0.4, -0.2) is 71.0 Å². The van der Waals surface area contributed by atoms with E-state index in [0.717, 1.165) is 24.5 Å². The monoisotopic (exact) mass is 651 g/mol. The van der Waals surface area contributed by atoms with Gasteiger partial charge in [-0.05, 0) is 76.1 Å². The van der Waals surface area contributed by atoms with E-state index >= 15 is 4.39 Å². The molecule has 0 aliphatic carbocycles. The molecule has 10 nitrogen and oxygen atoms in total. The van der Waals surface area contributed by atoms with Crippen LogP contribution in [0.4, 0.5) is 24.3 Å². The van der Waals surface area contributed by atoms with Crippen LogP contribution in [0.15, 0.2) is 54.9 Å². The van der Waals surface area contributed by atoms with Crippen LogP contribution in [0.1, 0.15) is 63.1 Å². The van der Waals surface area contributed by atoms with Gasteiger partial charge in [-0.25, -0.2) is 28.3 Å². The standard InChI is InChI=1S/C35H43F2N5O5/c1-22-15-27(30(37)16-29(22)36)28-19-42(20-31(28)40-33(43)47-35(3,4)5)32-38-17-26(18-39-32)46-23(2)25-11-13-41(14-12-25)34(44)45-21-24-9-7-6-8-10-24/h6-10,15-18,23,25,28,31H,11-14,19-21H2,1-5H3,(H,40,43)/t23-,28+,31-/m0/s1. The molecule has 0 unspecified atom stereocenters. The van der Waals surface area contributed by atoms with Crippen molar-refractivity contribution in [2.24, 2.45) is 5.92 Å². The molecule has 252 valence electrons. The number of halogens is 2. The van der Waals surface area contributed by atoms with Gasteiger partial charge < -0.3 is 29.3 Å². The van der Waals surface area contributed by atoms with Crippen LogP contribution in [0, 0.1) is 24.5 Å². The number of rotatable bonds is 8. The fourth-order valence-electron chi connectivity index (χ4n) is 6.06. The summed E-state index contributed by atoms with van der Waals surface area (Å²) in [6.07, 6.45) is 3.69. The van der Waals surface area contributed by atoms with Crippen molar-refractivity contribution in [2.75, 3.05) is 31.1 Å². The minimum atomic E-state index is -0.711. The van der Waals surface area contributed by atoms with Gasteiger partial charge in [-0.2, -0.15) is 0 Å². The number of aryl methyl sites for hydroxylation is 1. The van der Waals surface area contributed by atoms with E-state index in [2.05, 4.69) is 15.3 Å². The largest absolute Gasteiger partial charge is 0.487 e. The van der Waals surface area contributed by atoms with E-state index in [4.69, 9.17) is 14.2 Å². The van der Waals surface area contributed by atoms with Crippen LogP contribution >= 0.6 is 0 Å². The van der Waals surface area contributed by atoms with Gasteiger partial charge in [-0.15, -0.1) is 0 Å². The molecule has 1 N–H and O–H groups in total. The summed E-state index contributed by atoms with van der Waals surface area (Å²) in [5.41, 5.74) is 0.856. The number of ether oxygens (including phenoxy) is 3. The maximum atomic E-state index is 15.0. The lowest BCUT2D eigenvalue weighted by molar-refractivity contribution is 0.0504. The van der Waals surface area contributed by atoms with Crippen molar-refractivity contribution in [2.45, 2.75) is 77.7 Å². The van der Waals surface area contributed by atoms with E-state index in [9.17, 15) is 14.0 Å². The van der Waals surface area contributed by atoms with Crippen molar-refractivity contribution in [3.63, 3.8) is 0 Å². The summed E-state index contributed by atoms with van der Waals surface area (Å²) < 4.78 is 46.2. The van der Waals surface area contributed by atoms with Gasteiger partial charge >= 0.3 is 12.2 Å². The Kier molecular flexibility index (Phi) is 10.5. The number of carbonyl (C=O) groups is 2. The third-order valence-electron chi connectivity index (χ3n) is 8.59. The summed E-state index contributed by atoms with van der Waals surface area (Å²) in [6.45, 7) is 10.9. The SMILES string of the molecule is Cc1cc([C@H]2CN(c3ncc(O[C@@H](C)C4CCN(C(=O)OCc5ccccc5)CC4)cn3)C[C@@H]2NC(=O)OC(C)(C)C)c(F)cc1F. The minimum absolute atomic E-state index is 0.129. The fourth-order valence-corrected chi connectivity index (χ4v) is 6.06. The van der Waals surface area contributed by atoms with Gasteiger partial charge in [0.15, 0.2) is 5.75 Å². The third-order valence-corrected chi connectivity index (χ3v) is 8.59. The molecule has 0 radical (unpaired) electrons. The molecule has 0 bridgehead atoms. The van der Waals surface area contributed by atoms with Gasteiger partial charge in [-0.3, -0.25) is 0 Å². The van der Waals surface area contributed by atoms with Crippen molar-refractivity contribution in [3.8, 4) is 5.75 Å². The zero-order chi connectivity index (χ0) is 33.7. The highest BCUT2D eigenvalue weighted by Gasteiger charge is 2.39. The molecular weight excluding hydrogens is 608 g/mol. The predicted molar refractivity (Wildman–Crippen MR) is 172 cm³/mol. The molecule has 5 rings (SSSR count). The van der Waals surface area contributed by atoms with E-state index in [-0.39, 0.29) is 24.7 Å². The summed E-state index contributed by atoms with van der Waals surface area (Å²) in [6, 6.07) is 11.4. The Labute approximate surface area is 274 Å². The molecule has 47 heavy (non-hydrogen) atoms. The molecule has 12 heteroatoms. The van der Waals surface area contributed by atoms with E-state index in [1.807, 2.05) is 42.2 Å². The topological polar surface area (TPSA) is 106 Å². The molecular formula is C35H43F2N5O5. The lowest BCUT2D eigenvalue weighted by Crippen LogP contribution is -2.43. The van der Waals surface area contributed by atoms with Crippen LogP contribution in [-0.2, 0) is 16.1 Å². The maximum absolute atomic E-state index is 15.0. The number of piperidine rings is 1. The van der Waals surface area contributed by atoms with Crippen LogP contribution in [0.2, 0.25) is 0 Å². The molecule has 2 fully saturated rings. The van der Waals surface area contributed by atoms with Crippen molar-refractivity contribution < 1.29 is 32.6 Å². The molecule has 0 spiro atoms. The summed E-state index contributed by atoms with van der Waals surface area (Å²) in [4.78, 5) is 37.8. The molecule has 3 heterocycles. The Balaban J connectivity index is 1.17. The number of hydrogen-bond acceptors (Lipinski definition) is 8. The van der Waals surface area contributed by atoms with Crippen molar-refractivity contribution in [3.05, 3.63) is 83.2 Å². The molecule has 2 aromatic carbocycles. The second-order valence-corrected chi connectivity index (χ2v) is 13.3. The van der Waals surface area contributed by atoms with Gasteiger partial charge in [0.1, 0.15) is 23.8 Å². The zero-order valence-electron chi connectivity index (χ0n) is 27.5. The number of amides is 2. The first-order chi connectivity index (χ1) is 22.4. The molecule has 1 aromatic heterocycles. The van der Waals surface area contributed by atoms with E-state index in [1.165, 1.54) is 6.07 Å². The van der Waals surface area contributed by atoms with Gasteiger partial charge in [0.05, 0.1) is 24.5 Å². The number of alkyl carbamates (subject to hydrolysis) is 1. The molecule has 3 atom stereocenters. The van der Waals surface area contributed by atoms with Crippen LogP contribution in [0.5, 0.6) is 5.75 Å². The summed E-state index contributed by atoms with van der Waals surface area (Å²) >= 11 is 0. The Morgan fingerprint density at radius 2 is 1.70 bits per heavy atom. The first kappa shape index (κ1) is 33.9. The summed E-state index contributed by atoms with van der Waals surface area (Å²) in [5, 5.41) is 2.87. The number of nitrogens with one attached hydrogen (secondary N) is 1. The fraction of sp³-hybridized carbons (Fsp3) is 0.486. The highest BCUT2D eigenvalue weighted by molar-refractivity contribution is 5.69. The average molecular weight is 652 g/mol. The van der Waals surface area contributed by atoms with Gasteiger partial charge in [0.2, 0.25) is 5.95 Å². The molecule has 2 saturated heterocycles. The highest BCUT2D eigenvalue weighted by atomic mass is 19.1. The Morgan fingerprint density at radius 1 is 1.02 bits per heavy atom. The van der Waals surface area contributed by atoms with E-state index in [1.54, 1.807) is 45.0 Å². The summed E-state index contributed by atoms with van der Waals surface area (Å²) in [5.74, 6) is -0.665. The predicted octanol–water partition coefficient (Wildman–Crippen LogP) is 6.38. The lowest BCUT2D eigenvalue weighted by Gasteiger charge is -2.34. The van der Waals surface area contributed by atoms with Crippen LogP contribution < -0.4 is 15.0 Å². The number of anilines is 1. The number of carbonyl (C=O) groups excluding carboxylic acids is 2. The normalized spacial score (nSPS) is 19.3. The minimum Gasteiger partial charge on any atom is -0.487 e. The van der Waals surface area contributed by atoms with E-state index < -0.39 is 35.3 Å². The molecule has 2 aliphatic rings. The third kappa shape index (κ3) is 8.87. The van der Waals surface area contributed by atoms with Gasteiger partial charge in [0.25, 0.3) is 0 Å². The maximum Gasteiger partial charge on any atom is 0.410 e. The second-order valence-electron chi connectivity index (χ2n) is 13.3. The van der Waals surface area contributed by atoms with Gasteiger partial charge in [0, 0.05) is 38.2 Å². The lowest BCUT2D eigenvalue weighted by atomic mass is 9.92. The Hall–Kier alpha value is -4.48. The van der Waals surface area contributed by atoms with Crippen molar-refractivity contribution in [1.82, 2.24) is 20.2 Å². The van der Waals surface area contributed by atoms with Crippen LogP contribution in [0.3, 0.4) is 0 Å². The molecule has 0 saturated carbocycles. The number of nitrogens with zero attached hydrogens (tertiary/aromatic N) is 4. The van der Waals surface area contributed by atoms with Crippen molar-refractivity contribution in [1.29, 1.82) is 0 Å². The molecule has 2 amide bonds. The molecule has 2 aliphatic heterocycles. The van der Waals surface area contributed by atoms with Crippen LogP contribution in [0.25, 0.3) is 0 Å². The average Bonchev–Trinajstić information content (AvgIpc) is 3.44. The quantitative estimate of drug-likeness (QED) is 0.299. The van der Waals surface area contributed by atoms with E-state index in [0.29, 0.717) is 49.0 Å². The number of likely N-dealkylation sites (tertiary alicyclic amines) is 1. The highest BCUT2D eigenvalue weighted by Crippen LogP contribution is 2.33. The molecule has 3 aromatic rings. The summed E-state index contributed by atoms with van der Waals surface area (Å²) in [7, 11) is 0. The number of aromatic nitrogens is 2. The van der Waals surface area contributed by atoms with Gasteiger partial charge in [-0.1, -0.05) is 30.3 Å². The Bertz CT molecular complexity index is 1530. The first-order valence-electron chi connectivity index (χ1n) is 16.0. The first-order valence-corrected chi connectivity index (χ1v) is 16.0.